The Hall–Kier alpha value is -2.26. The molecule has 21 heavy (non-hydrogen) atoms. The summed E-state index contributed by atoms with van der Waals surface area (Å²) in [5.74, 6) is 0.874. The summed E-state index contributed by atoms with van der Waals surface area (Å²) in [4.78, 5) is 4.71. The van der Waals surface area contributed by atoms with Crippen LogP contribution in [0.3, 0.4) is 0 Å². The minimum atomic E-state index is 0.681. The Balaban J connectivity index is 2.27. The second-order valence-electron chi connectivity index (χ2n) is 5.04. The molecule has 3 rings (SSSR count). The molecule has 2 aromatic carbocycles. The molecule has 0 aliphatic heterocycles. The third kappa shape index (κ3) is 2.41. The van der Waals surface area contributed by atoms with Crippen molar-refractivity contribution >= 4 is 28.3 Å². The van der Waals surface area contributed by atoms with Crippen LogP contribution in [-0.4, -0.2) is 9.55 Å². The molecule has 4 heteroatoms. The van der Waals surface area contributed by atoms with Crippen LogP contribution >= 0.6 is 11.6 Å². The summed E-state index contributed by atoms with van der Waals surface area (Å²) in [5, 5.41) is 0.681. The highest BCUT2D eigenvalue weighted by molar-refractivity contribution is 6.31. The zero-order valence-electron chi connectivity index (χ0n) is 11.8. The van der Waals surface area contributed by atoms with Gasteiger partial charge in [0, 0.05) is 22.8 Å². The average molecular weight is 298 g/mol. The lowest BCUT2D eigenvalue weighted by atomic mass is 10.1. The Morgan fingerprint density at radius 1 is 1.29 bits per heavy atom. The smallest absolute Gasteiger partial charge is 0.141 e. The molecule has 0 fully saturated rings. The first-order valence-corrected chi connectivity index (χ1v) is 7.11. The van der Waals surface area contributed by atoms with Crippen LogP contribution in [0, 0.1) is 6.92 Å². The van der Waals surface area contributed by atoms with E-state index in [9.17, 15) is 0 Å². The lowest BCUT2D eigenvalue weighted by molar-refractivity contribution is 0.862. The normalized spacial score (nSPS) is 11.0. The van der Waals surface area contributed by atoms with Crippen LogP contribution < -0.4 is 5.73 Å². The highest BCUT2D eigenvalue weighted by Crippen LogP contribution is 2.28. The largest absolute Gasteiger partial charge is 0.398 e. The molecule has 1 aromatic heterocycles. The van der Waals surface area contributed by atoms with Crippen molar-refractivity contribution in [3.63, 3.8) is 0 Å². The zero-order valence-corrected chi connectivity index (χ0v) is 12.6. The molecule has 1 heterocycles. The van der Waals surface area contributed by atoms with Crippen molar-refractivity contribution in [2.45, 2.75) is 13.5 Å². The Labute approximate surface area is 128 Å². The monoisotopic (exact) mass is 297 g/mol. The van der Waals surface area contributed by atoms with Crippen molar-refractivity contribution in [1.29, 1.82) is 0 Å². The number of rotatable bonds is 3. The molecule has 0 bridgehead atoms. The topological polar surface area (TPSA) is 43.8 Å². The van der Waals surface area contributed by atoms with E-state index in [2.05, 4.69) is 11.1 Å². The van der Waals surface area contributed by atoms with E-state index in [1.807, 2.05) is 49.4 Å². The van der Waals surface area contributed by atoms with Crippen LogP contribution in [-0.2, 0) is 6.54 Å². The number of nitrogen functional groups attached to an aromatic ring is 1. The number of nitrogens with two attached hydrogens (primary N) is 1. The lowest BCUT2D eigenvalue weighted by Crippen LogP contribution is -1.99. The summed E-state index contributed by atoms with van der Waals surface area (Å²) in [6.45, 7) is 6.50. The molecule has 0 amide bonds. The van der Waals surface area contributed by atoms with Crippen LogP contribution in [0.4, 0.5) is 5.69 Å². The van der Waals surface area contributed by atoms with Crippen molar-refractivity contribution < 1.29 is 0 Å². The number of nitrogens with zero attached hydrogens (tertiary/aromatic N) is 2. The number of halogens is 1. The molecule has 0 saturated heterocycles. The van der Waals surface area contributed by atoms with Gasteiger partial charge < -0.3 is 10.3 Å². The van der Waals surface area contributed by atoms with Crippen molar-refractivity contribution in [2.75, 3.05) is 5.73 Å². The molecule has 3 aromatic rings. The van der Waals surface area contributed by atoms with E-state index < -0.39 is 0 Å². The third-order valence-corrected chi connectivity index (χ3v) is 3.79. The average Bonchev–Trinajstić information content (AvgIpc) is 2.80. The summed E-state index contributed by atoms with van der Waals surface area (Å²) in [6.07, 6.45) is 1.86. The Morgan fingerprint density at radius 3 is 2.81 bits per heavy atom. The van der Waals surface area contributed by atoms with Crippen LogP contribution in [0.2, 0.25) is 5.02 Å². The SMILES string of the molecule is C=CCn1c(-c2ccc(C)c(N)c2)nc2cc(Cl)ccc21. The van der Waals surface area contributed by atoms with Gasteiger partial charge in [-0.25, -0.2) is 4.98 Å². The van der Waals surface area contributed by atoms with E-state index in [1.165, 1.54) is 0 Å². The van der Waals surface area contributed by atoms with Gasteiger partial charge in [-0.1, -0.05) is 29.8 Å². The first-order valence-electron chi connectivity index (χ1n) is 6.73. The summed E-state index contributed by atoms with van der Waals surface area (Å²) < 4.78 is 2.11. The predicted octanol–water partition coefficient (Wildman–Crippen LogP) is 4.43. The highest BCUT2D eigenvalue weighted by Gasteiger charge is 2.12. The number of hydrogen-bond acceptors (Lipinski definition) is 2. The molecule has 0 unspecified atom stereocenters. The number of fused-ring (bicyclic) bond motifs is 1. The summed E-state index contributed by atoms with van der Waals surface area (Å²) in [6, 6.07) is 11.7. The molecule has 2 N–H and O–H groups in total. The lowest BCUT2D eigenvalue weighted by Gasteiger charge is -2.08. The fourth-order valence-electron chi connectivity index (χ4n) is 2.42. The standard InChI is InChI=1S/C17H16ClN3/c1-3-8-21-16-7-6-13(18)10-15(16)20-17(21)12-5-4-11(2)14(19)9-12/h3-7,9-10H,1,8,19H2,2H3. The number of imidazole rings is 1. The van der Waals surface area contributed by atoms with Crippen LogP contribution in [0.5, 0.6) is 0 Å². The fraction of sp³-hybridized carbons (Fsp3) is 0.118. The Kier molecular flexibility index (Phi) is 3.43. The predicted molar refractivity (Wildman–Crippen MR) is 89.5 cm³/mol. The number of anilines is 1. The molecule has 0 aliphatic carbocycles. The highest BCUT2D eigenvalue weighted by atomic mass is 35.5. The van der Waals surface area contributed by atoms with Gasteiger partial charge in [0.2, 0.25) is 0 Å². The van der Waals surface area contributed by atoms with Gasteiger partial charge in [0.05, 0.1) is 11.0 Å². The Morgan fingerprint density at radius 2 is 2.10 bits per heavy atom. The number of benzene rings is 2. The van der Waals surface area contributed by atoms with E-state index in [0.29, 0.717) is 11.6 Å². The minimum absolute atomic E-state index is 0.681. The van der Waals surface area contributed by atoms with Crippen LogP contribution in [0.25, 0.3) is 22.4 Å². The number of aryl methyl sites for hydroxylation is 1. The third-order valence-electron chi connectivity index (χ3n) is 3.56. The Bertz CT molecular complexity index is 833. The van der Waals surface area contributed by atoms with Gasteiger partial charge in [-0.3, -0.25) is 0 Å². The second kappa shape index (κ2) is 5.26. The molecule has 0 spiro atoms. The van der Waals surface area contributed by atoms with E-state index in [4.69, 9.17) is 22.3 Å². The van der Waals surface area contributed by atoms with Crippen molar-refractivity contribution in [3.05, 3.63) is 59.6 Å². The summed E-state index contributed by atoms with van der Waals surface area (Å²) in [7, 11) is 0. The molecule has 3 nitrogen and oxygen atoms in total. The van der Waals surface area contributed by atoms with Gasteiger partial charge in [0.15, 0.2) is 0 Å². The fourth-order valence-corrected chi connectivity index (χ4v) is 2.58. The maximum atomic E-state index is 6.06. The summed E-state index contributed by atoms with van der Waals surface area (Å²) >= 11 is 6.06. The van der Waals surface area contributed by atoms with Gasteiger partial charge in [-0.15, -0.1) is 6.58 Å². The van der Waals surface area contributed by atoms with Gasteiger partial charge in [0.1, 0.15) is 5.82 Å². The molecular weight excluding hydrogens is 282 g/mol. The molecule has 0 saturated carbocycles. The molecule has 0 radical (unpaired) electrons. The minimum Gasteiger partial charge on any atom is -0.398 e. The van der Waals surface area contributed by atoms with Crippen LogP contribution in [0.15, 0.2) is 49.1 Å². The molecule has 0 aliphatic rings. The second-order valence-corrected chi connectivity index (χ2v) is 5.48. The first kappa shape index (κ1) is 13.7. The van der Waals surface area contributed by atoms with Gasteiger partial charge in [-0.05, 0) is 36.8 Å². The van der Waals surface area contributed by atoms with E-state index in [0.717, 1.165) is 33.7 Å². The number of hydrogen-bond donors (Lipinski definition) is 1. The first-order chi connectivity index (χ1) is 10.1. The van der Waals surface area contributed by atoms with Gasteiger partial charge >= 0.3 is 0 Å². The number of allylic oxidation sites excluding steroid dienone is 1. The van der Waals surface area contributed by atoms with Gasteiger partial charge in [0.25, 0.3) is 0 Å². The van der Waals surface area contributed by atoms with E-state index in [-0.39, 0.29) is 0 Å². The van der Waals surface area contributed by atoms with Crippen molar-refractivity contribution in [2.24, 2.45) is 0 Å². The quantitative estimate of drug-likeness (QED) is 0.574. The summed E-state index contributed by atoms with van der Waals surface area (Å²) in [5.41, 5.74) is 10.8. The zero-order chi connectivity index (χ0) is 15.0. The maximum absolute atomic E-state index is 6.06. The van der Waals surface area contributed by atoms with Gasteiger partial charge in [-0.2, -0.15) is 0 Å². The number of aromatic nitrogens is 2. The molecule has 0 atom stereocenters. The van der Waals surface area contributed by atoms with E-state index >= 15 is 0 Å². The van der Waals surface area contributed by atoms with Crippen LogP contribution in [0.1, 0.15) is 5.56 Å². The molecule has 106 valence electrons. The van der Waals surface area contributed by atoms with E-state index in [1.54, 1.807) is 0 Å². The van der Waals surface area contributed by atoms with Crippen molar-refractivity contribution in [3.8, 4) is 11.4 Å². The van der Waals surface area contributed by atoms with Crippen molar-refractivity contribution in [1.82, 2.24) is 9.55 Å². The maximum Gasteiger partial charge on any atom is 0.141 e. The molecular formula is C17H16ClN3.